The van der Waals surface area contributed by atoms with E-state index in [9.17, 15) is 9.59 Å². The number of amides is 2. The van der Waals surface area contributed by atoms with Crippen LogP contribution in [-0.4, -0.2) is 56.2 Å². The molecule has 10 heteroatoms. The number of piperazine rings is 1. The van der Waals surface area contributed by atoms with Gasteiger partial charge in [-0.2, -0.15) is 0 Å². The number of imidazole rings is 1. The molecule has 0 saturated carbocycles. The van der Waals surface area contributed by atoms with E-state index in [-0.39, 0.29) is 11.7 Å². The van der Waals surface area contributed by atoms with Gasteiger partial charge in [-0.05, 0) is 61.4 Å². The number of urea groups is 1. The summed E-state index contributed by atoms with van der Waals surface area (Å²) in [7, 11) is 0. The third-order valence-corrected chi connectivity index (χ3v) is 8.18. The molecule has 1 aliphatic rings. The summed E-state index contributed by atoms with van der Waals surface area (Å²) in [4.78, 5) is 39.8. The molecule has 0 aliphatic carbocycles. The number of nitrogens with one attached hydrogen (secondary N) is 1. The smallest absolute Gasteiger partial charge is 0.329 e. The Morgan fingerprint density at radius 1 is 0.818 bits per heavy atom. The van der Waals surface area contributed by atoms with Crippen LogP contribution in [0.15, 0.2) is 77.9 Å². The number of fused-ring (bicyclic) bond motifs is 2. The van der Waals surface area contributed by atoms with Gasteiger partial charge in [0.2, 0.25) is 0 Å². The van der Waals surface area contributed by atoms with Crippen molar-refractivity contribution in [2.75, 3.05) is 36.4 Å². The molecule has 1 fully saturated rings. The molecule has 6 rings (SSSR count). The van der Waals surface area contributed by atoms with E-state index in [0.717, 1.165) is 59.2 Å². The highest BCUT2D eigenvalue weighted by Crippen LogP contribution is 2.29. The highest BCUT2D eigenvalue weighted by Gasteiger charge is 2.24. The molecular formula is C34H39N7O3. The zero-order chi connectivity index (χ0) is 30.5. The first-order chi connectivity index (χ1) is 21.6. The molecule has 0 bridgehead atoms. The highest BCUT2D eigenvalue weighted by atomic mass is 16.5. The summed E-state index contributed by atoms with van der Waals surface area (Å²) in [6, 6.07) is 21.0. The molecule has 44 heavy (non-hydrogen) atoms. The number of aromatic nitrogens is 4. The maximum Gasteiger partial charge on any atom is 0.329 e. The van der Waals surface area contributed by atoms with Crippen LogP contribution in [0, 0.1) is 0 Å². The maximum atomic E-state index is 13.4. The van der Waals surface area contributed by atoms with Crippen molar-refractivity contribution < 1.29 is 9.53 Å². The van der Waals surface area contributed by atoms with Crippen LogP contribution in [0.5, 0.6) is 11.5 Å². The van der Waals surface area contributed by atoms with Gasteiger partial charge < -0.3 is 19.9 Å². The quantitative estimate of drug-likeness (QED) is 0.199. The van der Waals surface area contributed by atoms with E-state index in [1.54, 1.807) is 6.33 Å². The number of anilines is 2. The molecule has 10 nitrogen and oxygen atoms in total. The summed E-state index contributed by atoms with van der Waals surface area (Å²) in [6.45, 7) is 8.07. The molecule has 2 aromatic heterocycles. The van der Waals surface area contributed by atoms with Crippen molar-refractivity contribution >= 4 is 39.5 Å². The van der Waals surface area contributed by atoms with Crippen molar-refractivity contribution in [3.8, 4) is 11.5 Å². The van der Waals surface area contributed by atoms with E-state index in [2.05, 4.69) is 40.1 Å². The average molecular weight is 594 g/mol. The standard InChI is InChI=1S/C34H39N7O3/c1-3-5-16-40-30-22-28-29(23-31(30)41(34(40)43)17-6-4-2)35-24-36-32(28)38-18-20-39(21-19-38)33(42)37-25-12-14-27(15-13-25)44-26-10-8-7-9-11-26/h7-15,22-24H,3-6,16-21H2,1-2H3,(H,37,42). The lowest BCUT2D eigenvalue weighted by atomic mass is 10.1. The lowest BCUT2D eigenvalue weighted by Gasteiger charge is -2.35. The van der Waals surface area contributed by atoms with Gasteiger partial charge in [0.15, 0.2) is 0 Å². The average Bonchev–Trinajstić information content (AvgIpc) is 3.31. The lowest BCUT2D eigenvalue weighted by Crippen LogP contribution is -2.50. The fraction of sp³-hybridized carbons (Fsp3) is 0.353. The monoisotopic (exact) mass is 593 g/mol. The zero-order valence-corrected chi connectivity index (χ0v) is 25.4. The fourth-order valence-corrected chi connectivity index (χ4v) is 5.72. The topological polar surface area (TPSA) is 97.5 Å². The van der Waals surface area contributed by atoms with Crippen LogP contribution in [-0.2, 0) is 13.1 Å². The minimum Gasteiger partial charge on any atom is -0.457 e. The minimum absolute atomic E-state index is 0.0460. The van der Waals surface area contributed by atoms with Gasteiger partial charge in [-0.3, -0.25) is 9.13 Å². The number of benzene rings is 3. The van der Waals surface area contributed by atoms with Gasteiger partial charge >= 0.3 is 11.7 Å². The van der Waals surface area contributed by atoms with Crippen molar-refractivity contribution in [1.82, 2.24) is 24.0 Å². The minimum atomic E-state index is -0.135. The molecule has 3 heterocycles. The number of ether oxygens (including phenoxy) is 1. The molecule has 5 aromatic rings. The third kappa shape index (κ3) is 6.10. The van der Waals surface area contributed by atoms with Crippen LogP contribution in [0.25, 0.3) is 21.9 Å². The van der Waals surface area contributed by atoms with Crippen molar-refractivity contribution in [3.63, 3.8) is 0 Å². The molecule has 228 valence electrons. The number of nitrogens with zero attached hydrogens (tertiary/aromatic N) is 6. The third-order valence-electron chi connectivity index (χ3n) is 8.18. The van der Waals surface area contributed by atoms with Crippen molar-refractivity contribution in [1.29, 1.82) is 0 Å². The highest BCUT2D eigenvalue weighted by molar-refractivity contribution is 5.99. The first kappa shape index (κ1) is 29.2. The summed E-state index contributed by atoms with van der Waals surface area (Å²) in [5.74, 6) is 2.30. The zero-order valence-electron chi connectivity index (χ0n) is 25.4. The summed E-state index contributed by atoms with van der Waals surface area (Å²) in [5.41, 5.74) is 3.44. The number of carbonyl (C=O) groups is 1. The maximum absolute atomic E-state index is 13.4. The van der Waals surface area contributed by atoms with Crippen LogP contribution < -0.4 is 20.6 Å². The lowest BCUT2D eigenvalue weighted by molar-refractivity contribution is 0.208. The van der Waals surface area contributed by atoms with Crippen LogP contribution in [0.3, 0.4) is 0 Å². The van der Waals surface area contributed by atoms with Gasteiger partial charge in [-0.25, -0.2) is 19.6 Å². The van der Waals surface area contributed by atoms with Gasteiger partial charge in [0, 0.05) is 50.3 Å². The van der Waals surface area contributed by atoms with E-state index in [1.165, 1.54) is 0 Å². The van der Waals surface area contributed by atoms with Crippen LogP contribution in [0.1, 0.15) is 39.5 Å². The van der Waals surface area contributed by atoms with E-state index in [0.29, 0.717) is 50.7 Å². The molecule has 3 aromatic carbocycles. The van der Waals surface area contributed by atoms with Gasteiger partial charge in [0.1, 0.15) is 23.6 Å². The van der Waals surface area contributed by atoms with Crippen molar-refractivity contribution in [2.45, 2.75) is 52.6 Å². The van der Waals surface area contributed by atoms with Gasteiger partial charge in [-0.1, -0.05) is 44.9 Å². The van der Waals surface area contributed by atoms with E-state index in [1.807, 2.05) is 74.7 Å². The van der Waals surface area contributed by atoms with Crippen LogP contribution in [0.4, 0.5) is 16.3 Å². The number of aryl methyl sites for hydroxylation is 2. The van der Waals surface area contributed by atoms with Crippen molar-refractivity contribution in [2.24, 2.45) is 0 Å². The fourth-order valence-electron chi connectivity index (χ4n) is 5.72. The molecule has 1 aliphatic heterocycles. The summed E-state index contributed by atoms with van der Waals surface area (Å²) in [6.07, 6.45) is 5.52. The summed E-state index contributed by atoms with van der Waals surface area (Å²) < 4.78 is 9.66. The Kier molecular flexibility index (Phi) is 8.76. The number of para-hydroxylation sites is 1. The second-order valence-corrected chi connectivity index (χ2v) is 11.2. The van der Waals surface area contributed by atoms with Gasteiger partial charge in [0.05, 0.1) is 16.6 Å². The molecular weight excluding hydrogens is 554 g/mol. The SMILES string of the molecule is CCCCn1c(=O)n(CCCC)c2cc3c(N4CCN(C(=O)Nc5ccc(Oc6ccccc6)cc5)CC4)ncnc3cc21. The van der Waals surface area contributed by atoms with E-state index in [4.69, 9.17) is 4.74 Å². The molecule has 0 unspecified atom stereocenters. The van der Waals surface area contributed by atoms with Crippen LogP contribution >= 0.6 is 0 Å². The molecule has 0 radical (unpaired) electrons. The van der Waals surface area contributed by atoms with Gasteiger partial charge in [0.25, 0.3) is 0 Å². The van der Waals surface area contributed by atoms with Gasteiger partial charge in [-0.15, -0.1) is 0 Å². The molecule has 1 saturated heterocycles. The summed E-state index contributed by atoms with van der Waals surface area (Å²) in [5, 5.41) is 3.93. The van der Waals surface area contributed by atoms with E-state index >= 15 is 0 Å². The number of rotatable bonds is 10. The predicted octanol–water partition coefficient (Wildman–Crippen LogP) is 6.49. The second-order valence-electron chi connectivity index (χ2n) is 11.2. The molecule has 0 spiro atoms. The number of carbonyl (C=O) groups excluding carboxylic acids is 1. The Labute approximate surface area is 256 Å². The Bertz CT molecular complexity index is 1790. The number of hydrogen-bond acceptors (Lipinski definition) is 6. The first-order valence-corrected chi connectivity index (χ1v) is 15.6. The Morgan fingerprint density at radius 2 is 1.45 bits per heavy atom. The molecule has 1 N–H and O–H groups in total. The normalized spacial score (nSPS) is 13.5. The Hall–Kier alpha value is -4.86. The van der Waals surface area contributed by atoms with Crippen molar-refractivity contribution in [3.05, 3.63) is 83.5 Å². The summed E-state index contributed by atoms with van der Waals surface area (Å²) >= 11 is 0. The van der Waals surface area contributed by atoms with E-state index < -0.39 is 0 Å². The Morgan fingerprint density at radius 3 is 2.11 bits per heavy atom. The molecule has 0 atom stereocenters. The van der Waals surface area contributed by atoms with Crippen LogP contribution in [0.2, 0.25) is 0 Å². The second kappa shape index (κ2) is 13.2. The number of unbranched alkanes of at least 4 members (excludes halogenated alkanes) is 2. The largest absolute Gasteiger partial charge is 0.457 e. The predicted molar refractivity (Wildman–Crippen MR) is 175 cm³/mol. The first-order valence-electron chi connectivity index (χ1n) is 15.6. The molecule has 2 amide bonds. The Balaban J connectivity index is 1.16. The number of hydrogen-bond donors (Lipinski definition) is 1.